The van der Waals surface area contributed by atoms with E-state index in [0.29, 0.717) is 12.8 Å². The summed E-state index contributed by atoms with van der Waals surface area (Å²) in [6, 6.07) is 0. The highest BCUT2D eigenvalue weighted by Crippen LogP contribution is 2.29. The van der Waals surface area contributed by atoms with Crippen molar-refractivity contribution >= 4 is 0 Å². The molecule has 3 atom stereocenters. The van der Waals surface area contributed by atoms with Crippen LogP contribution in [-0.4, -0.2) is 33.6 Å². The molecular formula is C21H34O3. The molecule has 0 amide bonds. The van der Waals surface area contributed by atoms with Crippen molar-refractivity contribution in [1.29, 1.82) is 0 Å². The maximum atomic E-state index is 9.81. The molecule has 1 aliphatic rings. The number of rotatable bonds is 8. The van der Waals surface area contributed by atoms with E-state index in [-0.39, 0.29) is 11.5 Å². The van der Waals surface area contributed by atoms with E-state index in [2.05, 4.69) is 32.6 Å². The standard InChI is InChI=1S/C21H34O3/c1-16(22)10-9-13-21(3,4)12-8-6-5-7-11-18-14-19(23)15-20(24)17(18)2/h5,7,9-11,16,19-20,22-24H,2,6,8,12-15H2,1,3-4H3/b7-5+,10-9+,18-11-. The molecule has 0 heterocycles. The zero-order valence-electron chi connectivity index (χ0n) is 15.4. The largest absolute Gasteiger partial charge is 0.393 e. The SMILES string of the molecule is C=C1/C(=C\C=C\CCCC(C)(C)C/C=C/C(C)O)CC(O)CC1O. The predicted molar refractivity (Wildman–Crippen MR) is 101 cm³/mol. The average Bonchev–Trinajstić information content (AvgIpc) is 2.46. The summed E-state index contributed by atoms with van der Waals surface area (Å²) in [6.07, 6.45) is 13.7. The van der Waals surface area contributed by atoms with E-state index in [0.717, 1.165) is 36.8 Å². The molecule has 3 heteroatoms. The van der Waals surface area contributed by atoms with Gasteiger partial charge in [0.2, 0.25) is 0 Å². The summed E-state index contributed by atoms with van der Waals surface area (Å²) in [6.45, 7) is 10.2. The molecule has 1 aliphatic carbocycles. The van der Waals surface area contributed by atoms with Crippen LogP contribution in [0.2, 0.25) is 0 Å². The minimum absolute atomic E-state index is 0.240. The molecule has 136 valence electrons. The number of hydrogen-bond acceptors (Lipinski definition) is 3. The fourth-order valence-corrected chi connectivity index (χ4v) is 2.92. The van der Waals surface area contributed by atoms with Gasteiger partial charge >= 0.3 is 0 Å². The summed E-state index contributed by atoms with van der Waals surface area (Å²) in [7, 11) is 0. The number of hydrogen-bond donors (Lipinski definition) is 3. The van der Waals surface area contributed by atoms with Crippen LogP contribution in [0.25, 0.3) is 0 Å². The van der Waals surface area contributed by atoms with E-state index < -0.39 is 12.2 Å². The van der Waals surface area contributed by atoms with Crippen molar-refractivity contribution < 1.29 is 15.3 Å². The Labute approximate surface area is 147 Å². The van der Waals surface area contributed by atoms with Crippen molar-refractivity contribution in [3.63, 3.8) is 0 Å². The zero-order chi connectivity index (χ0) is 18.2. The van der Waals surface area contributed by atoms with Gasteiger partial charge in [-0.3, -0.25) is 0 Å². The Morgan fingerprint density at radius 2 is 2.00 bits per heavy atom. The molecule has 0 spiro atoms. The molecule has 1 rings (SSSR count). The van der Waals surface area contributed by atoms with Gasteiger partial charge in [-0.05, 0) is 55.6 Å². The van der Waals surface area contributed by atoms with Gasteiger partial charge in [-0.25, -0.2) is 0 Å². The van der Waals surface area contributed by atoms with E-state index in [4.69, 9.17) is 0 Å². The number of allylic oxidation sites excluding steroid dienone is 4. The van der Waals surface area contributed by atoms with E-state index in [1.807, 2.05) is 18.2 Å². The average molecular weight is 335 g/mol. The third-order valence-corrected chi connectivity index (χ3v) is 4.51. The smallest absolute Gasteiger partial charge is 0.0811 e. The first-order valence-corrected chi connectivity index (χ1v) is 8.97. The van der Waals surface area contributed by atoms with Crippen LogP contribution in [0.5, 0.6) is 0 Å². The van der Waals surface area contributed by atoms with Gasteiger partial charge in [0.05, 0.1) is 18.3 Å². The fraction of sp³-hybridized carbons (Fsp3) is 0.619. The maximum absolute atomic E-state index is 9.81. The second kappa shape index (κ2) is 9.97. The summed E-state index contributed by atoms with van der Waals surface area (Å²) in [5.74, 6) is 0. The third-order valence-electron chi connectivity index (χ3n) is 4.51. The van der Waals surface area contributed by atoms with Gasteiger partial charge in [-0.1, -0.05) is 50.8 Å². The lowest BCUT2D eigenvalue weighted by Crippen LogP contribution is -2.26. The molecular weight excluding hydrogens is 300 g/mol. The minimum Gasteiger partial charge on any atom is -0.393 e. The molecule has 0 radical (unpaired) electrons. The number of unbranched alkanes of at least 4 members (excludes halogenated alkanes) is 1. The Bertz CT molecular complexity index is 483. The zero-order valence-corrected chi connectivity index (χ0v) is 15.4. The van der Waals surface area contributed by atoms with Crippen molar-refractivity contribution in [1.82, 2.24) is 0 Å². The minimum atomic E-state index is -0.621. The summed E-state index contributed by atoms with van der Waals surface area (Å²) >= 11 is 0. The van der Waals surface area contributed by atoms with Gasteiger partial charge < -0.3 is 15.3 Å². The third kappa shape index (κ3) is 8.09. The van der Waals surface area contributed by atoms with Crippen LogP contribution in [-0.2, 0) is 0 Å². The quantitative estimate of drug-likeness (QED) is 0.463. The summed E-state index contributed by atoms with van der Waals surface area (Å²) in [5.41, 5.74) is 1.92. The van der Waals surface area contributed by atoms with Gasteiger partial charge in [0, 0.05) is 6.42 Å². The Hall–Kier alpha value is -1.16. The molecule has 0 aromatic rings. The van der Waals surface area contributed by atoms with Crippen molar-refractivity contribution in [3.8, 4) is 0 Å². The number of aliphatic hydroxyl groups excluding tert-OH is 3. The lowest BCUT2D eigenvalue weighted by Gasteiger charge is -2.26. The molecule has 24 heavy (non-hydrogen) atoms. The van der Waals surface area contributed by atoms with E-state index in [9.17, 15) is 15.3 Å². The van der Waals surface area contributed by atoms with E-state index >= 15 is 0 Å². The van der Waals surface area contributed by atoms with Gasteiger partial charge in [-0.2, -0.15) is 0 Å². The Balaban J connectivity index is 2.35. The first-order valence-electron chi connectivity index (χ1n) is 8.97. The summed E-state index contributed by atoms with van der Waals surface area (Å²) in [5, 5.41) is 28.8. The highest BCUT2D eigenvalue weighted by Gasteiger charge is 2.24. The summed E-state index contributed by atoms with van der Waals surface area (Å²) in [4.78, 5) is 0. The molecule has 3 nitrogen and oxygen atoms in total. The molecule has 0 aromatic carbocycles. The van der Waals surface area contributed by atoms with Gasteiger partial charge in [-0.15, -0.1) is 0 Å². The topological polar surface area (TPSA) is 60.7 Å². The molecule has 3 N–H and O–H groups in total. The highest BCUT2D eigenvalue weighted by molar-refractivity contribution is 5.37. The lowest BCUT2D eigenvalue weighted by atomic mass is 9.83. The molecule has 0 aliphatic heterocycles. The normalized spacial score (nSPS) is 25.9. The fourth-order valence-electron chi connectivity index (χ4n) is 2.92. The number of aliphatic hydroxyl groups is 3. The molecule has 0 bridgehead atoms. The highest BCUT2D eigenvalue weighted by atomic mass is 16.3. The molecule has 0 saturated heterocycles. The van der Waals surface area contributed by atoms with Crippen molar-refractivity contribution in [2.45, 2.75) is 77.6 Å². The van der Waals surface area contributed by atoms with Crippen LogP contribution >= 0.6 is 0 Å². The Morgan fingerprint density at radius 1 is 1.29 bits per heavy atom. The van der Waals surface area contributed by atoms with Crippen LogP contribution in [0.1, 0.15) is 59.3 Å². The van der Waals surface area contributed by atoms with E-state index in [1.54, 1.807) is 6.92 Å². The second-order valence-electron chi connectivity index (χ2n) is 7.68. The summed E-state index contributed by atoms with van der Waals surface area (Å²) < 4.78 is 0. The van der Waals surface area contributed by atoms with Crippen LogP contribution in [0.4, 0.5) is 0 Å². The van der Waals surface area contributed by atoms with Crippen molar-refractivity contribution in [2.24, 2.45) is 5.41 Å². The van der Waals surface area contributed by atoms with Crippen LogP contribution in [0.3, 0.4) is 0 Å². The Morgan fingerprint density at radius 3 is 2.67 bits per heavy atom. The van der Waals surface area contributed by atoms with Crippen molar-refractivity contribution in [2.75, 3.05) is 0 Å². The first-order chi connectivity index (χ1) is 11.2. The van der Waals surface area contributed by atoms with Gasteiger partial charge in [0.25, 0.3) is 0 Å². The Kier molecular flexibility index (Phi) is 8.68. The van der Waals surface area contributed by atoms with Crippen molar-refractivity contribution in [3.05, 3.63) is 48.1 Å². The second-order valence-corrected chi connectivity index (χ2v) is 7.68. The lowest BCUT2D eigenvalue weighted by molar-refractivity contribution is 0.0862. The monoisotopic (exact) mass is 334 g/mol. The maximum Gasteiger partial charge on any atom is 0.0811 e. The van der Waals surface area contributed by atoms with E-state index in [1.165, 1.54) is 0 Å². The van der Waals surface area contributed by atoms with Gasteiger partial charge in [0.1, 0.15) is 0 Å². The van der Waals surface area contributed by atoms with Crippen LogP contribution < -0.4 is 0 Å². The molecule has 0 aromatic heterocycles. The molecule has 1 saturated carbocycles. The molecule has 1 fully saturated rings. The first kappa shape index (κ1) is 20.9. The predicted octanol–water partition coefficient (Wildman–Crippen LogP) is 4.06. The van der Waals surface area contributed by atoms with Gasteiger partial charge in [0.15, 0.2) is 0 Å². The molecule has 3 unspecified atom stereocenters. The van der Waals surface area contributed by atoms with Crippen LogP contribution in [0, 0.1) is 5.41 Å². The van der Waals surface area contributed by atoms with Crippen LogP contribution in [0.15, 0.2) is 48.1 Å².